The van der Waals surface area contributed by atoms with Gasteiger partial charge in [-0.15, -0.1) is 10.2 Å². The summed E-state index contributed by atoms with van der Waals surface area (Å²) in [4.78, 5) is 0. The number of benzene rings is 1. The first kappa shape index (κ1) is 10.7. The van der Waals surface area contributed by atoms with Gasteiger partial charge in [0.25, 0.3) is 0 Å². The van der Waals surface area contributed by atoms with Crippen molar-refractivity contribution in [3.8, 4) is 11.4 Å². The van der Waals surface area contributed by atoms with Gasteiger partial charge in [0.05, 0.1) is 5.56 Å². The van der Waals surface area contributed by atoms with Gasteiger partial charge in [0.2, 0.25) is 0 Å². The Morgan fingerprint density at radius 3 is 2.38 bits per heavy atom. The first-order chi connectivity index (χ1) is 7.63. The standard InChI is InChI=1S/C10H8F3N3/c1-2-16-5-14-15-10(16)9-7(12)3-6(11)4-8(9)13/h3-5H,2H2,1H3. The normalized spacial score (nSPS) is 10.8. The Morgan fingerprint density at radius 2 is 1.81 bits per heavy atom. The number of hydrogen-bond acceptors (Lipinski definition) is 2. The molecular formula is C10H8F3N3. The van der Waals surface area contributed by atoms with Crippen LogP contribution in [0.15, 0.2) is 18.5 Å². The van der Waals surface area contributed by atoms with Crippen LogP contribution in [0.1, 0.15) is 6.92 Å². The fourth-order valence-corrected chi connectivity index (χ4v) is 1.44. The molecule has 0 aliphatic heterocycles. The summed E-state index contributed by atoms with van der Waals surface area (Å²) in [6, 6.07) is 1.24. The molecule has 2 aromatic rings. The van der Waals surface area contributed by atoms with Crippen LogP contribution >= 0.6 is 0 Å². The van der Waals surface area contributed by atoms with Gasteiger partial charge in [-0.2, -0.15) is 0 Å². The highest BCUT2D eigenvalue weighted by atomic mass is 19.1. The maximum atomic E-state index is 13.4. The molecule has 0 unspecified atom stereocenters. The Kier molecular flexibility index (Phi) is 2.64. The Balaban J connectivity index is 2.64. The molecule has 1 aromatic heterocycles. The molecule has 0 spiro atoms. The van der Waals surface area contributed by atoms with Crippen LogP contribution in [0.2, 0.25) is 0 Å². The fourth-order valence-electron chi connectivity index (χ4n) is 1.44. The minimum Gasteiger partial charge on any atom is -0.314 e. The Morgan fingerprint density at radius 1 is 1.19 bits per heavy atom. The molecule has 0 amide bonds. The first-order valence-electron chi connectivity index (χ1n) is 4.66. The molecule has 6 heteroatoms. The van der Waals surface area contributed by atoms with E-state index in [2.05, 4.69) is 10.2 Å². The van der Waals surface area contributed by atoms with Crippen molar-refractivity contribution in [3.05, 3.63) is 35.9 Å². The second-order valence-electron chi connectivity index (χ2n) is 3.18. The number of hydrogen-bond donors (Lipinski definition) is 0. The lowest BCUT2D eigenvalue weighted by Gasteiger charge is -2.05. The lowest BCUT2D eigenvalue weighted by Crippen LogP contribution is -2.01. The van der Waals surface area contributed by atoms with E-state index < -0.39 is 17.5 Å². The number of halogens is 3. The molecule has 1 heterocycles. The second kappa shape index (κ2) is 3.96. The third kappa shape index (κ3) is 1.66. The van der Waals surface area contributed by atoms with E-state index in [1.54, 1.807) is 6.92 Å². The van der Waals surface area contributed by atoms with Crippen LogP contribution < -0.4 is 0 Å². The molecule has 0 N–H and O–H groups in total. The quantitative estimate of drug-likeness (QED) is 0.788. The van der Waals surface area contributed by atoms with Gasteiger partial charge in [0.15, 0.2) is 5.82 Å². The summed E-state index contributed by atoms with van der Waals surface area (Å²) in [5, 5.41) is 7.18. The van der Waals surface area contributed by atoms with Crippen LogP contribution in [-0.4, -0.2) is 14.8 Å². The largest absolute Gasteiger partial charge is 0.314 e. The molecule has 2 rings (SSSR count). The molecular weight excluding hydrogens is 219 g/mol. The summed E-state index contributed by atoms with van der Waals surface area (Å²) in [5.41, 5.74) is -0.360. The van der Waals surface area contributed by atoms with Gasteiger partial charge in [-0.3, -0.25) is 0 Å². The first-order valence-corrected chi connectivity index (χ1v) is 4.66. The van der Waals surface area contributed by atoms with Gasteiger partial charge < -0.3 is 4.57 Å². The zero-order chi connectivity index (χ0) is 11.7. The van der Waals surface area contributed by atoms with E-state index in [1.165, 1.54) is 10.9 Å². The maximum Gasteiger partial charge on any atom is 0.169 e. The van der Waals surface area contributed by atoms with Gasteiger partial charge >= 0.3 is 0 Å². The van der Waals surface area contributed by atoms with Crippen molar-refractivity contribution in [2.75, 3.05) is 0 Å². The van der Waals surface area contributed by atoms with Crippen molar-refractivity contribution in [3.63, 3.8) is 0 Å². The summed E-state index contributed by atoms with van der Waals surface area (Å²) >= 11 is 0. The Bertz CT molecular complexity index is 499. The summed E-state index contributed by atoms with van der Waals surface area (Å²) in [7, 11) is 0. The average Bonchev–Trinajstić information content (AvgIpc) is 2.64. The van der Waals surface area contributed by atoms with E-state index in [0.717, 1.165) is 0 Å². The SMILES string of the molecule is CCn1cnnc1-c1c(F)cc(F)cc1F. The molecule has 0 saturated heterocycles. The molecule has 0 aliphatic carbocycles. The number of aryl methyl sites for hydroxylation is 1. The summed E-state index contributed by atoms with van der Waals surface area (Å²) in [6.45, 7) is 2.25. The molecule has 3 nitrogen and oxygen atoms in total. The van der Waals surface area contributed by atoms with Gasteiger partial charge in [-0.05, 0) is 6.92 Å². The maximum absolute atomic E-state index is 13.4. The zero-order valence-corrected chi connectivity index (χ0v) is 8.41. The van der Waals surface area contributed by atoms with Crippen LogP contribution in [0.4, 0.5) is 13.2 Å². The van der Waals surface area contributed by atoms with Crippen molar-refractivity contribution in [1.82, 2.24) is 14.8 Å². The molecule has 0 atom stereocenters. The number of aromatic nitrogens is 3. The highest BCUT2D eigenvalue weighted by Gasteiger charge is 2.18. The van der Waals surface area contributed by atoms with Gasteiger partial charge in [-0.1, -0.05) is 0 Å². The molecule has 0 aliphatic rings. The minimum absolute atomic E-state index is 0.0532. The highest BCUT2D eigenvalue weighted by Crippen LogP contribution is 2.24. The summed E-state index contributed by atoms with van der Waals surface area (Å²) in [6.07, 6.45) is 1.36. The van der Waals surface area contributed by atoms with Crippen LogP contribution in [0.3, 0.4) is 0 Å². The summed E-state index contributed by atoms with van der Waals surface area (Å²) in [5.74, 6) is -2.88. The third-order valence-corrected chi connectivity index (χ3v) is 2.19. The smallest absolute Gasteiger partial charge is 0.169 e. The minimum atomic E-state index is -0.986. The van der Waals surface area contributed by atoms with Crippen LogP contribution in [0, 0.1) is 17.5 Å². The monoisotopic (exact) mass is 227 g/mol. The van der Waals surface area contributed by atoms with Crippen molar-refractivity contribution >= 4 is 0 Å². The molecule has 16 heavy (non-hydrogen) atoms. The van der Waals surface area contributed by atoms with E-state index in [4.69, 9.17) is 0 Å². The Labute approximate surface area is 89.5 Å². The van der Waals surface area contributed by atoms with Crippen molar-refractivity contribution < 1.29 is 13.2 Å². The van der Waals surface area contributed by atoms with Gasteiger partial charge in [-0.25, -0.2) is 13.2 Å². The molecule has 0 radical (unpaired) electrons. The number of rotatable bonds is 2. The Hall–Kier alpha value is -1.85. The number of nitrogens with zero attached hydrogens (tertiary/aromatic N) is 3. The predicted molar refractivity (Wildman–Crippen MR) is 51.0 cm³/mol. The predicted octanol–water partition coefficient (Wildman–Crippen LogP) is 2.38. The second-order valence-corrected chi connectivity index (χ2v) is 3.18. The van der Waals surface area contributed by atoms with Crippen LogP contribution in [0.5, 0.6) is 0 Å². The van der Waals surface area contributed by atoms with Gasteiger partial charge in [0, 0.05) is 18.7 Å². The summed E-state index contributed by atoms with van der Waals surface area (Å²) < 4.78 is 41.0. The fraction of sp³-hybridized carbons (Fsp3) is 0.200. The van der Waals surface area contributed by atoms with E-state index in [-0.39, 0.29) is 11.4 Å². The molecule has 1 aromatic carbocycles. The molecule has 0 fully saturated rings. The lowest BCUT2D eigenvalue weighted by molar-refractivity contribution is 0.545. The van der Waals surface area contributed by atoms with Crippen molar-refractivity contribution in [2.24, 2.45) is 0 Å². The molecule has 84 valence electrons. The van der Waals surface area contributed by atoms with E-state index >= 15 is 0 Å². The third-order valence-electron chi connectivity index (χ3n) is 2.19. The topological polar surface area (TPSA) is 30.7 Å². The van der Waals surface area contributed by atoms with Crippen LogP contribution in [0.25, 0.3) is 11.4 Å². The highest BCUT2D eigenvalue weighted by molar-refractivity contribution is 5.56. The van der Waals surface area contributed by atoms with Crippen LogP contribution in [-0.2, 0) is 6.54 Å². The van der Waals surface area contributed by atoms with Crippen molar-refractivity contribution in [2.45, 2.75) is 13.5 Å². The molecule has 0 saturated carbocycles. The van der Waals surface area contributed by atoms with E-state index in [1.807, 2.05) is 0 Å². The van der Waals surface area contributed by atoms with E-state index in [9.17, 15) is 13.2 Å². The van der Waals surface area contributed by atoms with E-state index in [0.29, 0.717) is 18.7 Å². The average molecular weight is 227 g/mol. The lowest BCUT2D eigenvalue weighted by atomic mass is 10.2. The van der Waals surface area contributed by atoms with Gasteiger partial charge in [0.1, 0.15) is 23.8 Å². The molecule has 0 bridgehead atoms. The zero-order valence-electron chi connectivity index (χ0n) is 8.41. The van der Waals surface area contributed by atoms with Crippen molar-refractivity contribution in [1.29, 1.82) is 0 Å².